The molecule has 0 heterocycles. The molecule has 0 amide bonds. The summed E-state index contributed by atoms with van der Waals surface area (Å²) in [5.74, 6) is -2.53. The lowest BCUT2D eigenvalue weighted by Crippen LogP contribution is -2.40. The van der Waals surface area contributed by atoms with Gasteiger partial charge < -0.3 is 25.1 Å². The summed E-state index contributed by atoms with van der Waals surface area (Å²) in [5.41, 5.74) is 7.77. The third-order valence-electron chi connectivity index (χ3n) is 4.03. The van der Waals surface area contributed by atoms with Crippen molar-refractivity contribution in [2.24, 2.45) is 0 Å². The van der Waals surface area contributed by atoms with Gasteiger partial charge in [-0.25, -0.2) is 4.39 Å². The Morgan fingerprint density at radius 1 is 0.938 bits per heavy atom. The van der Waals surface area contributed by atoms with E-state index >= 15 is 0 Å². The Hall–Kier alpha value is -3.43. The number of ether oxygens (including phenoxy) is 2. The Bertz CT molecular complexity index is 993. The van der Waals surface area contributed by atoms with Gasteiger partial charge in [0, 0.05) is 17.7 Å². The first-order chi connectivity index (χ1) is 15.2. The van der Waals surface area contributed by atoms with Crippen molar-refractivity contribution in [1.82, 2.24) is 0 Å². The number of benzene rings is 3. The number of hydrogen-bond donors (Lipinski definition) is 1. The van der Waals surface area contributed by atoms with Gasteiger partial charge in [0.2, 0.25) is 0 Å². The van der Waals surface area contributed by atoms with E-state index in [0.717, 1.165) is 28.1 Å². The number of carboxylic acids is 1. The number of carboxylic acid groups (broad SMARTS) is 1. The van der Waals surface area contributed by atoms with Gasteiger partial charge in [0.25, 0.3) is 0 Å². The summed E-state index contributed by atoms with van der Waals surface area (Å²) in [7, 11) is 0. The Balaban J connectivity index is 0.000000451. The summed E-state index contributed by atoms with van der Waals surface area (Å²) in [6.45, 7) is 1.49. The zero-order valence-electron chi connectivity index (χ0n) is 16.9. The lowest BCUT2D eigenvalue weighted by atomic mass is 10.0. The highest BCUT2D eigenvalue weighted by Crippen LogP contribution is 2.31. The van der Waals surface area contributed by atoms with Crippen molar-refractivity contribution in [3.05, 3.63) is 84.2 Å². The second-order valence-electron chi connectivity index (χ2n) is 6.51. The van der Waals surface area contributed by atoms with Gasteiger partial charge in [0.05, 0.1) is 13.2 Å². The zero-order chi connectivity index (χ0) is 23.6. The van der Waals surface area contributed by atoms with Gasteiger partial charge in [-0.05, 0) is 29.3 Å². The Morgan fingerprint density at radius 3 is 2.16 bits per heavy atom. The van der Waals surface area contributed by atoms with E-state index in [-0.39, 0.29) is 5.82 Å². The maximum Gasteiger partial charge on any atom is 0.430 e. The summed E-state index contributed by atoms with van der Waals surface area (Å²) in [6.07, 6.45) is -5.19. The fraction of sp³-hybridized carbons (Fsp3) is 0.174. The predicted octanol–water partition coefficient (Wildman–Crippen LogP) is 3.26. The fourth-order valence-corrected chi connectivity index (χ4v) is 2.53. The van der Waals surface area contributed by atoms with Gasteiger partial charge in [0.15, 0.2) is 0 Å². The molecule has 0 radical (unpaired) electrons. The number of halogens is 4. The van der Waals surface area contributed by atoms with E-state index in [1.54, 1.807) is 12.1 Å². The summed E-state index contributed by atoms with van der Waals surface area (Å²) in [6, 6.07) is 22.1. The predicted molar refractivity (Wildman–Crippen MR) is 107 cm³/mol. The van der Waals surface area contributed by atoms with Crippen LogP contribution in [0.3, 0.4) is 0 Å². The average Bonchev–Trinajstić information content (AvgIpc) is 2.75. The van der Waals surface area contributed by atoms with Crippen LogP contribution in [-0.4, -0.2) is 25.4 Å². The molecule has 3 aromatic rings. The number of alkyl halides is 3. The van der Waals surface area contributed by atoms with Crippen LogP contribution in [0.5, 0.6) is 5.75 Å². The van der Waals surface area contributed by atoms with Gasteiger partial charge in [-0.1, -0.05) is 42.5 Å². The van der Waals surface area contributed by atoms with Crippen LogP contribution in [-0.2, 0) is 16.1 Å². The second kappa shape index (κ2) is 11.8. The molecule has 170 valence electrons. The summed E-state index contributed by atoms with van der Waals surface area (Å²) < 4.78 is 56.2. The highest BCUT2D eigenvalue weighted by molar-refractivity contribution is 5.72. The highest BCUT2D eigenvalue weighted by atomic mass is 19.4. The van der Waals surface area contributed by atoms with E-state index in [9.17, 15) is 17.6 Å². The second-order valence-corrected chi connectivity index (χ2v) is 6.51. The van der Waals surface area contributed by atoms with Crippen molar-refractivity contribution >= 4 is 11.7 Å². The first kappa shape index (κ1) is 24.8. The van der Waals surface area contributed by atoms with Crippen LogP contribution in [0.4, 0.5) is 23.2 Å². The molecule has 0 aliphatic heterocycles. The standard InChI is InChI=1S/C21H20FNO2.C2HF3O2/c22-18-8-6-17(7-9-18)20-14-19(23)10-11-21(20)25-13-12-24-15-16-4-2-1-3-5-16;3-2(4,5)1(6)7/h1-11,14H,12-13,15,23H2;(H,6,7). The molecule has 0 fully saturated rings. The molecular weight excluding hydrogens is 430 g/mol. The third kappa shape index (κ3) is 8.37. The van der Waals surface area contributed by atoms with Crippen molar-refractivity contribution in [3.8, 4) is 16.9 Å². The first-order valence-electron chi connectivity index (χ1n) is 9.41. The van der Waals surface area contributed by atoms with Crippen LogP contribution in [0.25, 0.3) is 11.1 Å². The molecule has 3 aromatic carbocycles. The van der Waals surface area contributed by atoms with Crippen molar-refractivity contribution < 1.29 is 42.7 Å². The number of rotatable bonds is 7. The van der Waals surface area contributed by atoms with Gasteiger partial charge >= 0.3 is 6.18 Å². The number of aliphatic carboxylic acids is 1. The number of hydrogen-bond acceptors (Lipinski definition) is 4. The van der Waals surface area contributed by atoms with Crippen molar-refractivity contribution in [2.75, 3.05) is 13.2 Å². The molecule has 0 bridgehead atoms. The maximum atomic E-state index is 13.1. The molecule has 3 rings (SSSR count). The zero-order valence-corrected chi connectivity index (χ0v) is 16.9. The SMILES string of the molecule is O=C([O-])C(F)(F)F.[NH3+]c1ccc(OCCOCc2ccccc2)c(-c2ccc(F)cc2)c1. The van der Waals surface area contributed by atoms with Crippen LogP contribution in [0, 0.1) is 5.82 Å². The number of carbonyl (C=O) groups excluding carboxylic acids is 1. The summed E-state index contributed by atoms with van der Waals surface area (Å²) >= 11 is 0. The molecule has 0 unspecified atom stereocenters. The van der Waals surface area contributed by atoms with Gasteiger partial charge in [0.1, 0.15) is 29.8 Å². The Morgan fingerprint density at radius 2 is 1.56 bits per heavy atom. The first-order valence-corrected chi connectivity index (χ1v) is 9.41. The molecule has 0 aromatic heterocycles. The van der Waals surface area contributed by atoms with E-state index in [4.69, 9.17) is 19.4 Å². The van der Waals surface area contributed by atoms with Gasteiger partial charge in [-0.2, -0.15) is 13.2 Å². The van der Waals surface area contributed by atoms with Crippen LogP contribution >= 0.6 is 0 Å². The van der Waals surface area contributed by atoms with Crippen molar-refractivity contribution in [3.63, 3.8) is 0 Å². The van der Waals surface area contributed by atoms with Crippen LogP contribution < -0.4 is 15.6 Å². The fourth-order valence-electron chi connectivity index (χ4n) is 2.53. The molecule has 0 saturated heterocycles. The average molecular weight is 451 g/mol. The minimum absolute atomic E-state index is 0.258. The third-order valence-corrected chi connectivity index (χ3v) is 4.03. The van der Waals surface area contributed by atoms with E-state index in [1.165, 1.54) is 12.1 Å². The molecule has 0 aliphatic carbocycles. The van der Waals surface area contributed by atoms with E-state index in [1.807, 2.05) is 48.5 Å². The molecule has 0 atom stereocenters. The van der Waals surface area contributed by atoms with Gasteiger partial charge in [-0.15, -0.1) is 0 Å². The van der Waals surface area contributed by atoms with E-state index in [0.29, 0.717) is 19.8 Å². The Labute approximate surface area is 182 Å². The molecule has 5 nitrogen and oxygen atoms in total. The minimum atomic E-state index is -5.19. The normalized spacial score (nSPS) is 10.8. The lowest BCUT2D eigenvalue weighted by molar-refractivity contribution is -0.344. The number of quaternary nitrogens is 1. The molecule has 0 saturated carbocycles. The molecule has 0 spiro atoms. The smallest absolute Gasteiger partial charge is 0.430 e. The molecular formula is C23H21F4NO4. The summed E-state index contributed by atoms with van der Waals surface area (Å²) in [4.78, 5) is 8.78. The Kier molecular flexibility index (Phi) is 9.18. The monoisotopic (exact) mass is 451 g/mol. The maximum absolute atomic E-state index is 13.1. The van der Waals surface area contributed by atoms with Crippen LogP contribution in [0.15, 0.2) is 72.8 Å². The molecule has 0 aliphatic rings. The number of carbonyl (C=O) groups is 1. The summed E-state index contributed by atoms with van der Waals surface area (Å²) in [5, 5.41) is 8.78. The molecule has 32 heavy (non-hydrogen) atoms. The van der Waals surface area contributed by atoms with Crippen molar-refractivity contribution in [2.45, 2.75) is 12.8 Å². The molecule has 9 heteroatoms. The largest absolute Gasteiger partial charge is 0.542 e. The van der Waals surface area contributed by atoms with Crippen LogP contribution in [0.1, 0.15) is 5.56 Å². The van der Waals surface area contributed by atoms with Crippen molar-refractivity contribution in [1.29, 1.82) is 0 Å². The van der Waals surface area contributed by atoms with E-state index < -0.39 is 12.1 Å². The minimum Gasteiger partial charge on any atom is -0.542 e. The van der Waals surface area contributed by atoms with Gasteiger partial charge in [-0.3, -0.25) is 0 Å². The quantitative estimate of drug-likeness (QED) is 0.441. The lowest BCUT2D eigenvalue weighted by Gasteiger charge is -2.12. The van der Waals surface area contributed by atoms with Crippen LogP contribution in [0.2, 0.25) is 0 Å². The topological polar surface area (TPSA) is 86.2 Å². The molecule has 3 N–H and O–H groups in total. The van der Waals surface area contributed by atoms with E-state index in [2.05, 4.69) is 5.73 Å². The highest BCUT2D eigenvalue weighted by Gasteiger charge is 2.28.